The second-order valence-electron chi connectivity index (χ2n) is 4.48. The third-order valence-corrected chi connectivity index (χ3v) is 1.90. The number of aliphatic carboxylic acids is 2. The summed E-state index contributed by atoms with van der Waals surface area (Å²) in [5, 5.41) is 47.6. The molecule has 8 nitrogen and oxygen atoms in total. The molecule has 144 valence electrons. The molecular formula is C16H32O8. The zero-order chi connectivity index (χ0) is 20.0. The van der Waals surface area contributed by atoms with Gasteiger partial charge in [-0.2, -0.15) is 0 Å². The highest BCUT2D eigenvalue weighted by atomic mass is 16.4. The molecule has 0 unspecified atom stereocenters. The number of aliphatic hydroxyl groups is 4. The molecule has 0 aliphatic heterocycles. The molecular weight excluding hydrogens is 320 g/mol. The number of hydrogen-bond donors (Lipinski definition) is 6. The Bertz CT molecular complexity index is 270. The van der Waals surface area contributed by atoms with E-state index in [4.69, 9.17) is 30.6 Å². The van der Waals surface area contributed by atoms with Crippen molar-refractivity contribution in [3.8, 4) is 0 Å². The first-order valence-corrected chi connectivity index (χ1v) is 7.33. The van der Waals surface area contributed by atoms with E-state index in [1.807, 2.05) is 0 Å². The van der Waals surface area contributed by atoms with Crippen LogP contribution in [0, 0.1) is 0 Å². The first-order valence-electron chi connectivity index (χ1n) is 7.33. The Labute approximate surface area is 143 Å². The smallest absolute Gasteiger partial charge is 0.330 e. The van der Waals surface area contributed by atoms with E-state index in [1.54, 1.807) is 0 Å². The summed E-state index contributed by atoms with van der Waals surface area (Å²) in [4.78, 5) is 19.2. The van der Waals surface area contributed by atoms with Gasteiger partial charge in [-0.1, -0.05) is 26.0 Å². The molecule has 0 amide bonds. The lowest BCUT2D eigenvalue weighted by atomic mass is 10.2. The van der Waals surface area contributed by atoms with Gasteiger partial charge in [0.2, 0.25) is 0 Å². The monoisotopic (exact) mass is 352 g/mol. The molecule has 0 aromatic heterocycles. The zero-order valence-corrected chi connectivity index (χ0v) is 14.6. The summed E-state index contributed by atoms with van der Waals surface area (Å²) in [5.41, 5.74) is 0.352. The van der Waals surface area contributed by atoms with E-state index in [1.165, 1.54) is 13.8 Å². The van der Waals surface area contributed by atoms with Crippen molar-refractivity contribution in [2.75, 3.05) is 26.4 Å². The van der Waals surface area contributed by atoms with Crippen molar-refractivity contribution < 1.29 is 40.2 Å². The molecule has 0 atom stereocenters. The molecule has 0 saturated carbocycles. The van der Waals surface area contributed by atoms with E-state index < -0.39 is 11.9 Å². The molecule has 0 fully saturated rings. The molecule has 0 bridgehead atoms. The van der Waals surface area contributed by atoms with E-state index in [0.29, 0.717) is 0 Å². The van der Waals surface area contributed by atoms with Gasteiger partial charge in [0, 0.05) is 24.4 Å². The van der Waals surface area contributed by atoms with Gasteiger partial charge in [0.15, 0.2) is 0 Å². The highest BCUT2D eigenvalue weighted by Crippen LogP contribution is 1.96. The number of carboxylic acids is 2. The van der Waals surface area contributed by atoms with Gasteiger partial charge < -0.3 is 30.6 Å². The Balaban J connectivity index is -0.000000114. The van der Waals surface area contributed by atoms with Crippen LogP contribution >= 0.6 is 0 Å². The third kappa shape index (κ3) is 50.0. The van der Waals surface area contributed by atoms with Crippen molar-refractivity contribution in [3.05, 3.63) is 24.3 Å². The summed E-state index contributed by atoms with van der Waals surface area (Å²) >= 11 is 0. The minimum atomic E-state index is -0.935. The zero-order valence-electron chi connectivity index (χ0n) is 14.6. The van der Waals surface area contributed by atoms with Gasteiger partial charge in [-0.15, -0.1) is 0 Å². The van der Waals surface area contributed by atoms with Crippen molar-refractivity contribution >= 4 is 11.9 Å². The van der Waals surface area contributed by atoms with E-state index in [9.17, 15) is 9.59 Å². The normalized spacial score (nSPS) is 8.25. The topological polar surface area (TPSA) is 156 Å². The molecule has 0 saturated heterocycles. The van der Waals surface area contributed by atoms with Crippen LogP contribution in [0.5, 0.6) is 0 Å². The van der Waals surface area contributed by atoms with Crippen LogP contribution < -0.4 is 0 Å². The largest absolute Gasteiger partial charge is 0.478 e. The van der Waals surface area contributed by atoms with Crippen LogP contribution in [0.3, 0.4) is 0 Å². The number of rotatable bonds is 8. The van der Waals surface area contributed by atoms with Gasteiger partial charge in [-0.25, -0.2) is 9.59 Å². The fraction of sp³-hybridized carbons (Fsp3) is 0.625. The quantitative estimate of drug-likeness (QED) is 0.277. The predicted octanol–water partition coefficient (Wildman–Crippen LogP) is 0.797. The van der Waals surface area contributed by atoms with Crippen LogP contribution in [0.1, 0.15) is 39.5 Å². The highest BCUT2D eigenvalue weighted by molar-refractivity contribution is 5.85. The minimum absolute atomic E-state index is 0.125. The second kappa shape index (κ2) is 26.2. The Morgan fingerprint density at radius 3 is 0.917 bits per heavy atom. The Morgan fingerprint density at radius 2 is 0.833 bits per heavy atom. The molecule has 24 heavy (non-hydrogen) atoms. The Morgan fingerprint density at radius 1 is 0.625 bits per heavy atom. The fourth-order valence-corrected chi connectivity index (χ4v) is 0.577. The van der Waals surface area contributed by atoms with E-state index >= 15 is 0 Å². The molecule has 0 aromatic carbocycles. The van der Waals surface area contributed by atoms with Crippen molar-refractivity contribution in [1.82, 2.24) is 0 Å². The standard InChI is InChI=1S/C6H14O2.2C4H6O2.C2H6O2/c7-5-3-1-2-4-6-8;2*1-3(2)4(5)6;3-1-2-4/h7-8H,1-6H2;2*1H2,2H3,(H,5,6);3-4H,1-2H2. The number of carboxylic acid groups (broad SMARTS) is 2. The molecule has 0 aromatic rings. The van der Waals surface area contributed by atoms with E-state index in [2.05, 4.69) is 13.2 Å². The summed E-state index contributed by atoms with van der Waals surface area (Å²) in [6.07, 6.45) is 3.83. The molecule has 6 N–H and O–H groups in total. The Hall–Kier alpha value is -1.74. The third-order valence-electron chi connectivity index (χ3n) is 1.90. The molecule has 0 heterocycles. The van der Waals surface area contributed by atoms with Gasteiger partial charge >= 0.3 is 11.9 Å². The number of carbonyl (C=O) groups is 2. The first-order chi connectivity index (χ1) is 11.1. The van der Waals surface area contributed by atoms with Crippen molar-refractivity contribution in [1.29, 1.82) is 0 Å². The summed E-state index contributed by atoms with van der Waals surface area (Å²) in [7, 11) is 0. The van der Waals surface area contributed by atoms with E-state index in [-0.39, 0.29) is 37.6 Å². The lowest BCUT2D eigenvalue weighted by Gasteiger charge is -1.93. The molecule has 0 aliphatic carbocycles. The van der Waals surface area contributed by atoms with Crippen molar-refractivity contribution in [2.45, 2.75) is 39.5 Å². The average molecular weight is 352 g/mol. The van der Waals surface area contributed by atoms with Crippen LogP contribution in [0.2, 0.25) is 0 Å². The van der Waals surface area contributed by atoms with Gasteiger partial charge in [0.25, 0.3) is 0 Å². The van der Waals surface area contributed by atoms with Crippen LogP contribution in [0.15, 0.2) is 24.3 Å². The summed E-state index contributed by atoms with van der Waals surface area (Å²) < 4.78 is 0. The number of hydrogen-bond acceptors (Lipinski definition) is 6. The minimum Gasteiger partial charge on any atom is -0.478 e. The maximum absolute atomic E-state index is 9.60. The maximum atomic E-state index is 9.60. The van der Waals surface area contributed by atoms with Gasteiger partial charge in [-0.3, -0.25) is 0 Å². The molecule has 0 rings (SSSR count). The molecule has 0 aliphatic rings. The fourth-order valence-electron chi connectivity index (χ4n) is 0.577. The van der Waals surface area contributed by atoms with Crippen LogP contribution in [0.4, 0.5) is 0 Å². The first kappa shape index (κ1) is 30.2. The lowest BCUT2D eigenvalue weighted by molar-refractivity contribution is -0.133. The van der Waals surface area contributed by atoms with Crippen LogP contribution in [-0.2, 0) is 9.59 Å². The summed E-state index contributed by atoms with van der Waals surface area (Å²) in [5.74, 6) is -1.87. The van der Waals surface area contributed by atoms with Gasteiger partial charge in [0.05, 0.1) is 13.2 Å². The highest BCUT2D eigenvalue weighted by Gasteiger charge is 1.90. The van der Waals surface area contributed by atoms with Gasteiger partial charge in [0.1, 0.15) is 0 Å². The lowest BCUT2D eigenvalue weighted by Crippen LogP contribution is -1.92. The number of aliphatic hydroxyl groups excluding tert-OH is 4. The van der Waals surface area contributed by atoms with E-state index in [0.717, 1.165) is 25.7 Å². The Kier molecular flexibility index (Phi) is 32.9. The SMILES string of the molecule is C=C(C)C(=O)O.C=C(C)C(=O)O.OCCCCCCO.OCCO. The van der Waals surface area contributed by atoms with Crippen molar-refractivity contribution in [2.24, 2.45) is 0 Å². The second-order valence-corrected chi connectivity index (χ2v) is 4.48. The average Bonchev–Trinajstić information content (AvgIpc) is 2.53. The van der Waals surface area contributed by atoms with Crippen LogP contribution in [0.25, 0.3) is 0 Å². The maximum Gasteiger partial charge on any atom is 0.330 e. The summed E-state index contributed by atoms with van der Waals surface area (Å²) in [6.45, 7) is 9.52. The number of unbranched alkanes of at least 4 members (excludes halogenated alkanes) is 3. The molecule has 0 radical (unpaired) electrons. The summed E-state index contributed by atoms with van der Waals surface area (Å²) in [6, 6.07) is 0. The molecule has 8 heteroatoms. The van der Waals surface area contributed by atoms with Crippen molar-refractivity contribution in [3.63, 3.8) is 0 Å². The van der Waals surface area contributed by atoms with Gasteiger partial charge in [-0.05, 0) is 26.7 Å². The predicted molar refractivity (Wildman–Crippen MR) is 91.7 cm³/mol. The molecule has 0 spiro atoms. The van der Waals surface area contributed by atoms with Crippen LogP contribution in [-0.4, -0.2) is 69.0 Å².